The number of hydrogen-bond donors (Lipinski definition) is 0. The van der Waals surface area contributed by atoms with E-state index < -0.39 is 0 Å². The van der Waals surface area contributed by atoms with Crippen molar-refractivity contribution in [2.75, 3.05) is 7.11 Å². The number of halogens is 1. The third-order valence-corrected chi connectivity index (χ3v) is 2.31. The maximum Gasteiger partial charge on any atom is 0.135 e. The predicted molar refractivity (Wildman–Crippen MR) is 60.0 cm³/mol. The monoisotopic (exact) mass is 239 g/mol. The van der Waals surface area contributed by atoms with Crippen LogP contribution in [0.4, 0.5) is 5.69 Å². The summed E-state index contributed by atoms with van der Waals surface area (Å²) in [5.74, 6) is 0.744. The smallest absolute Gasteiger partial charge is 0.135 e. The quantitative estimate of drug-likeness (QED) is 0.741. The van der Waals surface area contributed by atoms with E-state index in [1.165, 1.54) is 0 Å². The number of hydrogen-bond acceptors (Lipinski definition) is 2. The number of rotatable bonds is 3. The molecule has 0 saturated heterocycles. The lowest BCUT2D eigenvalue weighted by Crippen LogP contribution is -1.85. The Balaban J connectivity index is 3.34. The summed E-state index contributed by atoms with van der Waals surface area (Å²) in [5.41, 5.74) is 1.71. The second-order valence-electron chi connectivity index (χ2n) is 2.41. The van der Waals surface area contributed by atoms with Gasteiger partial charge in [0.1, 0.15) is 5.75 Å². The van der Waals surface area contributed by atoms with Crippen LogP contribution in [0.3, 0.4) is 0 Å². The van der Waals surface area contributed by atoms with E-state index in [-0.39, 0.29) is 0 Å². The highest BCUT2D eigenvalue weighted by atomic mass is 79.9. The molecule has 0 bridgehead atoms. The van der Waals surface area contributed by atoms with Gasteiger partial charge in [-0.15, -0.1) is 0 Å². The van der Waals surface area contributed by atoms with Crippen LogP contribution in [-0.2, 0) is 0 Å². The summed E-state index contributed by atoms with van der Waals surface area (Å²) in [6.07, 6.45) is 1.73. The molecule has 0 fully saturated rings. The normalized spacial score (nSPS) is 9.38. The molecule has 0 amide bonds. The Morgan fingerprint density at radius 2 is 2.23 bits per heavy atom. The molecule has 68 valence electrons. The Morgan fingerprint density at radius 1 is 1.54 bits per heavy atom. The van der Waals surface area contributed by atoms with E-state index in [1.54, 1.807) is 13.2 Å². The Hall–Kier alpha value is -1.09. The minimum Gasteiger partial charge on any atom is -0.495 e. The fourth-order valence-electron chi connectivity index (χ4n) is 1.01. The first-order chi connectivity index (χ1) is 6.22. The second kappa shape index (κ2) is 4.23. The minimum atomic E-state index is 0.744. The molecule has 0 spiro atoms. The van der Waals surface area contributed by atoms with Gasteiger partial charge in [0.25, 0.3) is 0 Å². The van der Waals surface area contributed by atoms with E-state index in [0.717, 1.165) is 21.5 Å². The highest BCUT2D eigenvalue weighted by molar-refractivity contribution is 9.10. The largest absolute Gasteiger partial charge is 0.495 e. The van der Waals surface area contributed by atoms with Gasteiger partial charge in [-0.1, -0.05) is 12.7 Å². The molecule has 2 nitrogen and oxygen atoms in total. The molecular weight excluding hydrogens is 230 g/mol. The third-order valence-electron chi connectivity index (χ3n) is 1.69. The maximum atomic E-state index is 5.12. The number of methoxy groups -OCH3 is 1. The van der Waals surface area contributed by atoms with E-state index in [9.17, 15) is 0 Å². The van der Waals surface area contributed by atoms with E-state index >= 15 is 0 Å². The van der Waals surface area contributed by atoms with E-state index in [1.807, 2.05) is 12.1 Å². The molecule has 0 N–H and O–H groups in total. The second-order valence-corrected chi connectivity index (χ2v) is 3.26. The summed E-state index contributed by atoms with van der Waals surface area (Å²) >= 11 is 3.38. The van der Waals surface area contributed by atoms with Crippen molar-refractivity contribution in [3.05, 3.63) is 28.7 Å². The minimum absolute atomic E-state index is 0.744. The van der Waals surface area contributed by atoms with Gasteiger partial charge in [-0.05, 0) is 28.7 Å². The first-order valence-corrected chi connectivity index (χ1v) is 4.49. The molecule has 0 radical (unpaired) electrons. The van der Waals surface area contributed by atoms with Crippen molar-refractivity contribution in [3.8, 4) is 5.75 Å². The Kier molecular flexibility index (Phi) is 3.25. The summed E-state index contributed by atoms with van der Waals surface area (Å²) in [6.45, 7) is 7.16. The van der Waals surface area contributed by atoms with Crippen LogP contribution >= 0.6 is 15.9 Å². The summed E-state index contributed by atoms with van der Waals surface area (Å²) in [7, 11) is 1.61. The van der Waals surface area contributed by atoms with E-state index in [2.05, 4.69) is 34.2 Å². The first kappa shape index (κ1) is 9.99. The standard InChI is InChI=1S/C10H10BrNO/c1-4-7-5-8(11)10(13-3)6-9(7)12-2/h4-6H,1-2H2,3H3. The Bertz CT molecular complexity index is 347. The molecule has 13 heavy (non-hydrogen) atoms. The van der Waals surface area contributed by atoms with Crippen LogP contribution in [0, 0.1) is 0 Å². The Morgan fingerprint density at radius 3 is 2.69 bits per heavy atom. The van der Waals surface area contributed by atoms with Gasteiger partial charge in [-0.2, -0.15) is 0 Å². The molecule has 1 aromatic carbocycles. The fourth-order valence-corrected chi connectivity index (χ4v) is 1.54. The molecule has 0 aliphatic heterocycles. The average molecular weight is 240 g/mol. The zero-order valence-electron chi connectivity index (χ0n) is 7.38. The molecule has 0 aliphatic carbocycles. The van der Waals surface area contributed by atoms with Crippen LogP contribution in [0.25, 0.3) is 6.08 Å². The molecule has 3 heteroatoms. The fraction of sp³-hybridized carbons (Fsp3) is 0.100. The molecule has 0 atom stereocenters. The highest BCUT2D eigenvalue weighted by Crippen LogP contribution is 2.33. The van der Waals surface area contributed by atoms with Crippen LogP contribution in [-0.4, -0.2) is 13.8 Å². The van der Waals surface area contributed by atoms with Gasteiger partial charge in [-0.3, -0.25) is 4.99 Å². The third kappa shape index (κ3) is 1.98. The van der Waals surface area contributed by atoms with Crippen LogP contribution in [0.15, 0.2) is 28.2 Å². The van der Waals surface area contributed by atoms with Gasteiger partial charge in [-0.25, -0.2) is 0 Å². The van der Waals surface area contributed by atoms with Crippen molar-refractivity contribution >= 4 is 34.4 Å². The molecular formula is C10H10BrNO. The number of benzene rings is 1. The van der Waals surface area contributed by atoms with Gasteiger partial charge in [0.2, 0.25) is 0 Å². The van der Waals surface area contributed by atoms with Gasteiger partial charge in [0, 0.05) is 11.6 Å². The lowest BCUT2D eigenvalue weighted by Gasteiger charge is -2.06. The SMILES string of the molecule is C=Cc1cc(Br)c(OC)cc1N=C. The predicted octanol–water partition coefficient (Wildman–Crippen LogP) is 3.43. The highest BCUT2D eigenvalue weighted by Gasteiger charge is 2.04. The first-order valence-electron chi connectivity index (χ1n) is 3.69. The van der Waals surface area contributed by atoms with Crippen molar-refractivity contribution in [2.24, 2.45) is 4.99 Å². The van der Waals surface area contributed by atoms with Gasteiger partial charge in [0.05, 0.1) is 17.3 Å². The molecule has 0 aromatic heterocycles. The molecule has 0 heterocycles. The van der Waals surface area contributed by atoms with Crippen LogP contribution < -0.4 is 4.74 Å². The zero-order chi connectivity index (χ0) is 9.84. The molecule has 0 unspecified atom stereocenters. The summed E-state index contributed by atoms with van der Waals surface area (Å²) in [4.78, 5) is 3.87. The summed E-state index contributed by atoms with van der Waals surface area (Å²) < 4.78 is 6.00. The molecule has 1 rings (SSSR count). The van der Waals surface area contributed by atoms with Gasteiger partial charge >= 0.3 is 0 Å². The zero-order valence-corrected chi connectivity index (χ0v) is 8.97. The van der Waals surface area contributed by atoms with Crippen LogP contribution in [0.5, 0.6) is 5.75 Å². The topological polar surface area (TPSA) is 21.6 Å². The number of aliphatic imine (C=N–C) groups is 1. The lowest BCUT2D eigenvalue weighted by molar-refractivity contribution is 0.412. The van der Waals surface area contributed by atoms with Gasteiger partial charge in [0.15, 0.2) is 0 Å². The van der Waals surface area contributed by atoms with Crippen molar-refractivity contribution in [2.45, 2.75) is 0 Å². The van der Waals surface area contributed by atoms with Crippen LogP contribution in [0.1, 0.15) is 5.56 Å². The summed E-state index contributed by atoms with van der Waals surface area (Å²) in [6, 6.07) is 3.71. The summed E-state index contributed by atoms with van der Waals surface area (Å²) in [5, 5.41) is 0. The molecule has 1 aromatic rings. The average Bonchev–Trinajstić information content (AvgIpc) is 2.17. The molecule has 0 saturated carbocycles. The number of ether oxygens (including phenoxy) is 1. The van der Waals surface area contributed by atoms with Crippen molar-refractivity contribution in [1.82, 2.24) is 0 Å². The van der Waals surface area contributed by atoms with Crippen molar-refractivity contribution in [1.29, 1.82) is 0 Å². The van der Waals surface area contributed by atoms with Crippen molar-refractivity contribution < 1.29 is 4.74 Å². The van der Waals surface area contributed by atoms with E-state index in [0.29, 0.717) is 0 Å². The van der Waals surface area contributed by atoms with E-state index in [4.69, 9.17) is 4.74 Å². The molecule has 0 aliphatic rings. The number of nitrogens with zero attached hydrogens (tertiary/aromatic N) is 1. The lowest BCUT2D eigenvalue weighted by atomic mass is 10.1. The van der Waals surface area contributed by atoms with Gasteiger partial charge < -0.3 is 4.74 Å². The maximum absolute atomic E-state index is 5.12. The van der Waals surface area contributed by atoms with Crippen molar-refractivity contribution in [3.63, 3.8) is 0 Å². The van der Waals surface area contributed by atoms with Crippen LogP contribution in [0.2, 0.25) is 0 Å². The Labute approximate surface area is 86.1 Å².